The van der Waals surface area contributed by atoms with E-state index in [1.165, 1.54) is 0 Å². The second-order valence-electron chi connectivity index (χ2n) is 4.70. The van der Waals surface area contributed by atoms with Crippen LogP contribution in [0.5, 0.6) is 5.75 Å². The zero-order chi connectivity index (χ0) is 12.4. The third-order valence-corrected chi connectivity index (χ3v) is 3.49. The van der Waals surface area contributed by atoms with E-state index in [9.17, 15) is 5.11 Å². The van der Waals surface area contributed by atoms with E-state index in [4.69, 9.17) is 5.73 Å². The van der Waals surface area contributed by atoms with Crippen LogP contribution in [0.3, 0.4) is 0 Å². The van der Waals surface area contributed by atoms with E-state index >= 15 is 0 Å². The van der Waals surface area contributed by atoms with Crippen molar-refractivity contribution in [2.45, 2.75) is 26.3 Å². The van der Waals surface area contributed by atoms with Crippen molar-refractivity contribution in [2.24, 2.45) is 11.7 Å². The molecule has 0 bridgehead atoms. The van der Waals surface area contributed by atoms with Crippen LogP contribution in [0, 0.1) is 5.92 Å². The van der Waals surface area contributed by atoms with Crippen molar-refractivity contribution in [1.82, 2.24) is 0 Å². The summed E-state index contributed by atoms with van der Waals surface area (Å²) in [5.74, 6) is 0.779. The predicted molar refractivity (Wildman–Crippen MR) is 72.0 cm³/mol. The molecule has 2 rings (SSSR count). The Labute approximate surface area is 102 Å². The van der Waals surface area contributed by atoms with Gasteiger partial charge in [0.1, 0.15) is 5.75 Å². The molecule has 0 amide bonds. The number of nitrogens with two attached hydrogens (primary N) is 1. The molecule has 0 aromatic heterocycles. The summed E-state index contributed by atoms with van der Waals surface area (Å²) in [5.41, 5.74) is 7.38. The molecule has 2 nitrogen and oxygen atoms in total. The SMILES string of the molecule is CCC(C)[C@H](N)c1ccc2cc(O)ccc2c1. The van der Waals surface area contributed by atoms with Crippen LogP contribution in [0.15, 0.2) is 36.4 Å². The molecular formula is C15H19NO. The molecule has 2 heteroatoms. The molecule has 0 aliphatic rings. The third kappa shape index (κ3) is 2.42. The van der Waals surface area contributed by atoms with Crippen molar-refractivity contribution in [2.75, 3.05) is 0 Å². The summed E-state index contributed by atoms with van der Waals surface area (Å²) >= 11 is 0. The molecule has 0 aliphatic heterocycles. The first-order chi connectivity index (χ1) is 8.11. The summed E-state index contributed by atoms with van der Waals surface area (Å²) in [7, 11) is 0. The Balaban J connectivity index is 2.41. The van der Waals surface area contributed by atoms with Crippen LogP contribution < -0.4 is 5.73 Å². The van der Waals surface area contributed by atoms with Crippen molar-refractivity contribution in [3.63, 3.8) is 0 Å². The lowest BCUT2D eigenvalue weighted by Gasteiger charge is -2.19. The highest BCUT2D eigenvalue weighted by molar-refractivity contribution is 5.84. The number of phenols is 1. The molecule has 0 aliphatic carbocycles. The highest BCUT2D eigenvalue weighted by Crippen LogP contribution is 2.26. The highest BCUT2D eigenvalue weighted by Gasteiger charge is 2.13. The van der Waals surface area contributed by atoms with Gasteiger partial charge >= 0.3 is 0 Å². The summed E-state index contributed by atoms with van der Waals surface area (Å²) in [5, 5.41) is 11.6. The van der Waals surface area contributed by atoms with Crippen LogP contribution in [-0.2, 0) is 0 Å². The molecule has 2 aromatic rings. The van der Waals surface area contributed by atoms with Crippen molar-refractivity contribution < 1.29 is 5.11 Å². The molecule has 0 spiro atoms. The molecule has 3 N–H and O–H groups in total. The first-order valence-electron chi connectivity index (χ1n) is 6.10. The van der Waals surface area contributed by atoms with E-state index in [-0.39, 0.29) is 6.04 Å². The molecular weight excluding hydrogens is 210 g/mol. The summed E-state index contributed by atoms with van der Waals surface area (Å²) < 4.78 is 0. The van der Waals surface area contributed by atoms with Crippen molar-refractivity contribution in [3.05, 3.63) is 42.0 Å². The molecule has 2 atom stereocenters. The second-order valence-corrected chi connectivity index (χ2v) is 4.70. The Hall–Kier alpha value is -1.54. The van der Waals surface area contributed by atoms with Gasteiger partial charge in [-0.2, -0.15) is 0 Å². The predicted octanol–water partition coefficient (Wildman–Crippen LogP) is 3.59. The van der Waals surface area contributed by atoms with E-state index in [2.05, 4.69) is 26.0 Å². The molecule has 0 saturated heterocycles. The Morgan fingerprint density at radius 1 is 1.12 bits per heavy atom. The van der Waals surface area contributed by atoms with Gasteiger partial charge < -0.3 is 10.8 Å². The maximum Gasteiger partial charge on any atom is 0.116 e. The van der Waals surface area contributed by atoms with E-state index in [0.29, 0.717) is 11.7 Å². The average molecular weight is 229 g/mol. The van der Waals surface area contributed by atoms with Gasteiger partial charge in [0.05, 0.1) is 0 Å². The zero-order valence-corrected chi connectivity index (χ0v) is 10.4. The fraction of sp³-hybridized carbons (Fsp3) is 0.333. The quantitative estimate of drug-likeness (QED) is 0.844. The number of aromatic hydroxyl groups is 1. The summed E-state index contributed by atoms with van der Waals surface area (Å²) in [4.78, 5) is 0. The third-order valence-electron chi connectivity index (χ3n) is 3.49. The van der Waals surface area contributed by atoms with E-state index in [1.807, 2.05) is 12.1 Å². The fourth-order valence-corrected chi connectivity index (χ4v) is 2.04. The van der Waals surface area contributed by atoms with Crippen LogP contribution in [-0.4, -0.2) is 5.11 Å². The minimum atomic E-state index is 0.0817. The van der Waals surface area contributed by atoms with Crippen LogP contribution in [0.25, 0.3) is 10.8 Å². The molecule has 90 valence electrons. The second kappa shape index (κ2) is 4.76. The minimum absolute atomic E-state index is 0.0817. The number of rotatable bonds is 3. The normalized spacial score (nSPS) is 14.8. The topological polar surface area (TPSA) is 46.2 Å². The molecule has 0 saturated carbocycles. The molecule has 17 heavy (non-hydrogen) atoms. The monoisotopic (exact) mass is 229 g/mol. The summed E-state index contributed by atoms with van der Waals surface area (Å²) in [6.45, 7) is 4.33. The van der Waals surface area contributed by atoms with Crippen molar-refractivity contribution >= 4 is 10.8 Å². The molecule has 0 radical (unpaired) electrons. The Morgan fingerprint density at radius 2 is 1.76 bits per heavy atom. The number of phenolic OH excluding ortho intramolecular Hbond substituents is 1. The maximum atomic E-state index is 9.41. The van der Waals surface area contributed by atoms with Crippen molar-refractivity contribution in [1.29, 1.82) is 0 Å². The van der Waals surface area contributed by atoms with E-state index in [0.717, 1.165) is 22.8 Å². The van der Waals surface area contributed by atoms with Gasteiger partial charge in [-0.3, -0.25) is 0 Å². The van der Waals surface area contributed by atoms with Gasteiger partial charge in [-0.05, 0) is 40.5 Å². The van der Waals surface area contributed by atoms with Gasteiger partial charge in [0.25, 0.3) is 0 Å². The Morgan fingerprint density at radius 3 is 2.47 bits per heavy atom. The largest absolute Gasteiger partial charge is 0.508 e. The standard InChI is InChI=1S/C15H19NO/c1-3-10(2)15(16)13-5-4-12-9-14(17)7-6-11(12)8-13/h4-10,15,17H,3,16H2,1-2H3/t10?,15-/m0/s1. The van der Waals surface area contributed by atoms with E-state index < -0.39 is 0 Å². The van der Waals surface area contributed by atoms with Gasteiger partial charge in [0, 0.05) is 6.04 Å². The van der Waals surface area contributed by atoms with Gasteiger partial charge in [0.15, 0.2) is 0 Å². The van der Waals surface area contributed by atoms with Crippen LogP contribution >= 0.6 is 0 Å². The maximum absolute atomic E-state index is 9.41. The number of hydrogen-bond acceptors (Lipinski definition) is 2. The first-order valence-corrected chi connectivity index (χ1v) is 6.10. The number of benzene rings is 2. The first kappa shape index (κ1) is 11.9. The number of hydrogen-bond donors (Lipinski definition) is 2. The Bertz CT molecular complexity index is 521. The molecule has 1 unspecified atom stereocenters. The summed E-state index contributed by atoms with van der Waals surface area (Å²) in [6.07, 6.45) is 1.08. The summed E-state index contributed by atoms with van der Waals surface area (Å²) in [6, 6.07) is 11.7. The minimum Gasteiger partial charge on any atom is -0.508 e. The molecule has 2 aromatic carbocycles. The van der Waals surface area contributed by atoms with Crippen LogP contribution in [0.4, 0.5) is 0 Å². The number of fused-ring (bicyclic) bond motifs is 1. The van der Waals surface area contributed by atoms with Crippen molar-refractivity contribution in [3.8, 4) is 5.75 Å². The lowest BCUT2D eigenvalue weighted by Crippen LogP contribution is -2.18. The van der Waals surface area contributed by atoms with Gasteiger partial charge in [0.2, 0.25) is 0 Å². The van der Waals surface area contributed by atoms with Gasteiger partial charge in [-0.25, -0.2) is 0 Å². The zero-order valence-electron chi connectivity index (χ0n) is 10.4. The average Bonchev–Trinajstić information content (AvgIpc) is 2.36. The molecule has 0 heterocycles. The van der Waals surface area contributed by atoms with Crippen LogP contribution in [0.1, 0.15) is 31.9 Å². The highest BCUT2D eigenvalue weighted by atomic mass is 16.3. The van der Waals surface area contributed by atoms with Crippen LogP contribution in [0.2, 0.25) is 0 Å². The molecule has 0 fully saturated rings. The Kier molecular flexibility index (Phi) is 3.34. The lowest BCUT2D eigenvalue weighted by atomic mass is 9.92. The van der Waals surface area contributed by atoms with Gasteiger partial charge in [-0.15, -0.1) is 0 Å². The van der Waals surface area contributed by atoms with E-state index in [1.54, 1.807) is 12.1 Å². The smallest absolute Gasteiger partial charge is 0.116 e. The van der Waals surface area contributed by atoms with Gasteiger partial charge in [-0.1, -0.05) is 38.5 Å². The fourth-order valence-electron chi connectivity index (χ4n) is 2.04. The lowest BCUT2D eigenvalue weighted by molar-refractivity contribution is 0.457.